The van der Waals surface area contributed by atoms with Crippen molar-refractivity contribution < 1.29 is 9.32 Å². The van der Waals surface area contributed by atoms with Gasteiger partial charge in [-0.05, 0) is 38.8 Å². The molecule has 0 radical (unpaired) electrons. The quantitative estimate of drug-likeness (QED) is 0.919. The maximum Gasteiger partial charge on any atom is 0.253 e. The average Bonchev–Trinajstić information content (AvgIpc) is 3.15. The molecule has 3 rings (SSSR count). The summed E-state index contributed by atoms with van der Waals surface area (Å²) in [6.07, 6.45) is 2.25. The first-order valence-electron chi connectivity index (χ1n) is 6.68. The standard InChI is InChI=1S/C14H16N4O2/c1-8-3-6-11(9(2)16-8)14(19)15-7-12-17-13(18-20-12)10-4-5-10/h3,6,10H,4-5,7H2,1-2H3,(H,15,19). The Kier molecular flexibility index (Phi) is 3.22. The van der Waals surface area contributed by atoms with E-state index in [9.17, 15) is 4.79 Å². The van der Waals surface area contributed by atoms with Gasteiger partial charge in [-0.15, -0.1) is 0 Å². The highest BCUT2D eigenvalue weighted by Gasteiger charge is 2.28. The Morgan fingerprint density at radius 3 is 2.85 bits per heavy atom. The Morgan fingerprint density at radius 2 is 2.15 bits per heavy atom. The third-order valence-electron chi connectivity index (χ3n) is 3.30. The second-order valence-electron chi connectivity index (χ2n) is 5.09. The van der Waals surface area contributed by atoms with Gasteiger partial charge in [0.2, 0.25) is 5.89 Å². The molecule has 1 fully saturated rings. The Labute approximate surface area is 116 Å². The van der Waals surface area contributed by atoms with Crippen LogP contribution < -0.4 is 5.32 Å². The summed E-state index contributed by atoms with van der Waals surface area (Å²) in [5.41, 5.74) is 2.18. The van der Waals surface area contributed by atoms with Crippen molar-refractivity contribution in [2.75, 3.05) is 0 Å². The van der Waals surface area contributed by atoms with Gasteiger partial charge in [-0.3, -0.25) is 9.78 Å². The lowest BCUT2D eigenvalue weighted by Gasteiger charge is -2.05. The molecule has 0 unspecified atom stereocenters. The summed E-state index contributed by atoms with van der Waals surface area (Å²) in [5.74, 6) is 1.47. The fourth-order valence-corrected chi connectivity index (χ4v) is 2.02. The van der Waals surface area contributed by atoms with E-state index in [2.05, 4.69) is 20.4 Å². The van der Waals surface area contributed by atoms with Gasteiger partial charge in [0.05, 0.1) is 17.8 Å². The first-order chi connectivity index (χ1) is 9.63. The van der Waals surface area contributed by atoms with Crippen LogP contribution in [0.15, 0.2) is 16.7 Å². The molecule has 1 amide bonds. The van der Waals surface area contributed by atoms with Crippen molar-refractivity contribution in [2.45, 2.75) is 39.2 Å². The minimum atomic E-state index is -0.179. The zero-order valence-corrected chi connectivity index (χ0v) is 11.5. The predicted octanol–water partition coefficient (Wildman–Crippen LogP) is 1.89. The van der Waals surface area contributed by atoms with Gasteiger partial charge in [0.25, 0.3) is 5.91 Å². The zero-order valence-electron chi connectivity index (χ0n) is 11.5. The van der Waals surface area contributed by atoms with E-state index in [0.29, 0.717) is 23.1 Å². The minimum Gasteiger partial charge on any atom is -0.343 e. The molecule has 0 aliphatic heterocycles. The highest BCUT2D eigenvalue weighted by Crippen LogP contribution is 2.38. The average molecular weight is 272 g/mol. The number of carbonyl (C=O) groups excluding carboxylic acids is 1. The van der Waals surface area contributed by atoms with Crippen molar-refractivity contribution in [3.63, 3.8) is 0 Å². The zero-order chi connectivity index (χ0) is 14.1. The number of amides is 1. The smallest absolute Gasteiger partial charge is 0.253 e. The van der Waals surface area contributed by atoms with E-state index in [4.69, 9.17) is 4.52 Å². The molecule has 2 aromatic heterocycles. The van der Waals surface area contributed by atoms with Crippen LogP contribution in [0.2, 0.25) is 0 Å². The van der Waals surface area contributed by atoms with Gasteiger partial charge >= 0.3 is 0 Å². The highest BCUT2D eigenvalue weighted by atomic mass is 16.5. The van der Waals surface area contributed by atoms with Crippen LogP contribution in [0, 0.1) is 13.8 Å². The van der Waals surface area contributed by atoms with Crippen LogP contribution in [-0.4, -0.2) is 21.0 Å². The van der Waals surface area contributed by atoms with Crippen LogP contribution in [-0.2, 0) is 6.54 Å². The fourth-order valence-electron chi connectivity index (χ4n) is 2.02. The molecule has 2 heterocycles. The molecule has 6 nitrogen and oxygen atoms in total. The van der Waals surface area contributed by atoms with Gasteiger partial charge < -0.3 is 9.84 Å². The predicted molar refractivity (Wildman–Crippen MR) is 71.2 cm³/mol. The second kappa shape index (κ2) is 5.03. The molecule has 0 aromatic carbocycles. The summed E-state index contributed by atoms with van der Waals surface area (Å²) in [7, 11) is 0. The maximum atomic E-state index is 12.1. The van der Waals surface area contributed by atoms with Crippen molar-refractivity contribution >= 4 is 5.91 Å². The van der Waals surface area contributed by atoms with Crippen LogP contribution in [0.1, 0.15) is 52.2 Å². The summed E-state index contributed by atoms with van der Waals surface area (Å²) in [6, 6.07) is 3.59. The van der Waals surface area contributed by atoms with Crippen molar-refractivity contribution in [1.29, 1.82) is 0 Å². The summed E-state index contributed by atoms with van der Waals surface area (Å²) in [5, 5.41) is 6.68. The van der Waals surface area contributed by atoms with Crippen LogP contribution >= 0.6 is 0 Å². The molecular formula is C14H16N4O2. The first kappa shape index (κ1) is 12.8. The number of rotatable bonds is 4. The van der Waals surface area contributed by atoms with Crippen molar-refractivity contribution in [1.82, 2.24) is 20.4 Å². The third kappa shape index (κ3) is 2.68. The van der Waals surface area contributed by atoms with E-state index in [0.717, 1.165) is 24.4 Å². The number of pyridine rings is 1. The number of aromatic nitrogens is 3. The topological polar surface area (TPSA) is 80.9 Å². The molecule has 1 N–H and O–H groups in total. The lowest BCUT2D eigenvalue weighted by molar-refractivity contribution is 0.0945. The molecule has 1 aliphatic rings. The van der Waals surface area contributed by atoms with Gasteiger partial charge in [-0.1, -0.05) is 5.16 Å². The number of aryl methyl sites for hydroxylation is 2. The number of hydrogen-bond acceptors (Lipinski definition) is 5. The third-order valence-corrected chi connectivity index (χ3v) is 3.30. The maximum absolute atomic E-state index is 12.1. The Balaban J connectivity index is 1.63. The Morgan fingerprint density at radius 1 is 1.35 bits per heavy atom. The Hall–Kier alpha value is -2.24. The van der Waals surface area contributed by atoms with Gasteiger partial charge in [0, 0.05) is 11.6 Å². The van der Waals surface area contributed by atoms with Gasteiger partial charge in [0.1, 0.15) is 0 Å². The molecule has 0 bridgehead atoms. The van der Waals surface area contributed by atoms with Crippen LogP contribution in [0.4, 0.5) is 0 Å². The molecule has 1 aliphatic carbocycles. The largest absolute Gasteiger partial charge is 0.343 e. The summed E-state index contributed by atoms with van der Waals surface area (Å²) in [4.78, 5) is 20.6. The van der Waals surface area contributed by atoms with E-state index in [1.807, 2.05) is 19.9 Å². The summed E-state index contributed by atoms with van der Waals surface area (Å²) >= 11 is 0. The van der Waals surface area contributed by atoms with Crippen molar-refractivity contribution in [3.05, 3.63) is 40.8 Å². The number of nitrogens with one attached hydrogen (secondary N) is 1. The van der Waals surface area contributed by atoms with E-state index in [-0.39, 0.29) is 12.5 Å². The molecule has 0 saturated heterocycles. The number of carbonyl (C=O) groups is 1. The highest BCUT2D eigenvalue weighted by molar-refractivity contribution is 5.95. The lowest BCUT2D eigenvalue weighted by atomic mass is 10.2. The van der Waals surface area contributed by atoms with Crippen LogP contribution in [0.5, 0.6) is 0 Å². The van der Waals surface area contributed by atoms with Crippen molar-refractivity contribution in [2.24, 2.45) is 0 Å². The van der Waals surface area contributed by atoms with Gasteiger partial charge in [0.15, 0.2) is 5.82 Å². The molecular weight excluding hydrogens is 256 g/mol. The normalized spacial score (nSPS) is 14.3. The van der Waals surface area contributed by atoms with Crippen LogP contribution in [0.25, 0.3) is 0 Å². The van der Waals surface area contributed by atoms with E-state index >= 15 is 0 Å². The molecule has 104 valence electrons. The molecule has 0 atom stereocenters. The fraction of sp³-hybridized carbons (Fsp3) is 0.429. The monoisotopic (exact) mass is 272 g/mol. The van der Waals surface area contributed by atoms with Gasteiger partial charge in [-0.25, -0.2) is 0 Å². The van der Waals surface area contributed by atoms with E-state index in [1.54, 1.807) is 6.07 Å². The summed E-state index contributed by atoms with van der Waals surface area (Å²) < 4.78 is 5.11. The SMILES string of the molecule is Cc1ccc(C(=O)NCc2nc(C3CC3)no2)c(C)n1. The number of hydrogen-bond donors (Lipinski definition) is 1. The number of nitrogens with zero attached hydrogens (tertiary/aromatic N) is 3. The van der Waals surface area contributed by atoms with Crippen molar-refractivity contribution in [3.8, 4) is 0 Å². The molecule has 1 saturated carbocycles. The van der Waals surface area contributed by atoms with Crippen LogP contribution in [0.3, 0.4) is 0 Å². The molecule has 20 heavy (non-hydrogen) atoms. The molecule has 2 aromatic rings. The summed E-state index contributed by atoms with van der Waals surface area (Å²) in [6.45, 7) is 3.96. The minimum absolute atomic E-state index is 0.179. The second-order valence-corrected chi connectivity index (χ2v) is 5.09. The van der Waals surface area contributed by atoms with Gasteiger partial charge in [-0.2, -0.15) is 4.98 Å². The first-order valence-corrected chi connectivity index (χ1v) is 6.68. The molecule has 0 spiro atoms. The van der Waals surface area contributed by atoms with E-state index in [1.165, 1.54) is 0 Å². The Bertz CT molecular complexity index is 646. The lowest BCUT2D eigenvalue weighted by Crippen LogP contribution is -2.24. The molecule has 6 heteroatoms. The van der Waals surface area contributed by atoms with E-state index < -0.39 is 0 Å².